The van der Waals surface area contributed by atoms with Crippen LogP contribution in [0.25, 0.3) is 6.08 Å². The highest BCUT2D eigenvalue weighted by atomic mass is 16.5. The van der Waals surface area contributed by atoms with Gasteiger partial charge in [0.15, 0.2) is 5.78 Å². The summed E-state index contributed by atoms with van der Waals surface area (Å²) in [6, 6.07) is 11.0. The Hall–Kier alpha value is -2.88. The maximum absolute atomic E-state index is 12.3. The molecule has 0 atom stereocenters. The average molecular weight is 336 g/mol. The van der Waals surface area contributed by atoms with E-state index < -0.39 is 5.97 Å². The number of carbonyl (C=O) groups excluding carboxylic acids is 2. The molecule has 0 unspecified atom stereocenters. The summed E-state index contributed by atoms with van der Waals surface area (Å²) in [6.45, 7) is 1.98. The molecule has 128 valence electrons. The van der Waals surface area contributed by atoms with Crippen molar-refractivity contribution in [2.75, 3.05) is 7.11 Å². The molecule has 0 saturated carbocycles. The third-order valence-corrected chi connectivity index (χ3v) is 4.33. The Kier molecular flexibility index (Phi) is 4.98. The molecule has 0 N–H and O–H groups in total. The molecule has 3 rings (SSSR count). The number of carbonyl (C=O) groups is 2. The molecular weight excluding hydrogens is 316 g/mol. The van der Waals surface area contributed by atoms with Gasteiger partial charge in [0.2, 0.25) is 0 Å². The first-order chi connectivity index (χ1) is 12.1. The van der Waals surface area contributed by atoms with Crippen LogP contribution in [0.1, 0.15) is 39.9 Å². The predicted octanol–water partition coefficient (Wildman–Crippen LogP) is 4.14. The molecule has 1 aliphatic rings. The first kappa shape index (κ1) is 17.0. The molecular formula is C21H20O4. The zero-order chi connectivity index (χ0) is 17.8. The Morgan fingerprint density at radius 3 is 2.80 bits per heavy atom. The molecule has 0 fully saturated rings. The highest BCUT2D eigenvalue weighted by Gasteiger charge is 2.24. The quantitative estimate of drug-likeness (QED) is 0.478. The third-order valence-electron chi connectivity index (χ3n) is 4.33. The van der Waals surface area contributed by atoms with Crippen LogP contribution in [0.4, 0.5) is 0 Å². The Morgan fingerprint density at radius 2 is 2.00 bits per heavy atom. The minimum atomic E-state index is -0.507. The van der Waals surface area contributed by atoms with E-state index in [4.69, 9.17) is 9.47 Å². The molecule has 0 radical (unpaired) electrons. The van der Waals surface area contributed by atoms with E-state index in [-0.39, 0.29) is 5.78 Å². The lowest BCUT2D eigenvalue weighted by atomic mass is 9.87. The summed E-state index contributed by atoms with van der Waals surface area (Å²) >= 11 is 0. The minimum absolute atomic E-state index is 0.0459. The van der Waals surface area contributed by atoms with Crippen LogP contribution < -0.4 is 9.47 Å². The number of aryl methyl sites for hydroxylation is 1. The topological polar surface area (TPSA) is 52.6 Å². The number of ketones is 1. The summed E-state index contributed by atoms with van der Waals surface area (Å²) in [6.07, 6.45) is 5.21. The highest BCUT2D eigenvalue weighted by molar-refractivity contribution is 6.02. The smallest absolute Gasteiger partial charge is 0.336 e. The van der Waals surface area contributed by atoms with Gasteiger partial charge in [0.1, 0.15) is 11.5 Å². The molecule has 0 aromatic heterocycles. The number of rotatable bonds is 4. The van der Waals surface area contributed by atoms with Gasteiger partial charge in [-0.05, 0) is 60.7 Å². The van der Waals surface area contributed by atoms with Crippen LogP contribution in [0.2, 0.25) is 0 Å². The predicted molar refractivity (Wildman–Crippen MR) is 96.1 cm³/mol. The SMILES string of the molecule is COc1cccc(/C=C/C(=O)Oc2ccc(C)c3c2C(=O)CCC3)c1. The van der Waals surface area contributed by atoms with E-state index in [0.29, 0.717) is 23.5 Å². The maximum atomic E-state index is 12.3. The second-order valence-electron chi connectivity index (χ2n) is 6.04. The molecule has 0 amide bonds. The molecule has 0 heterocycles. The van der Waals surface area contributed by atoms with E-state index in [1.165, 1.54) is 6.08 Å². The number of methoxy groups -OCH3 is 1. The minimum Gasteiger partial charge on any atom is -0.497 e. The highest BCUT2D eigenvalue weighted by Crippen LogP contribution is 2.32. The number of ether oxygens (including phenoxy) is 2. The lowest BCUT2D eigenvalue weighted by molar-refractivity contribution is -0.128. The summed E-state index contributed by atoms with van der Waals surface area (Å²) < 4.78 is 10.6. The van der Waals surface area contributed by atoms with Gasteiger partial charge in [-0.3, -0.25) is 4.79 Å². The number of Topliss-reactive ketones (excluding diaryl/α,β-unsaturated/α-hetero) is 1. The molecule has 0 spiro atoms. The Balaban J connectivity index is 1.79. The van der Waals surface area contributed by atoms with Gasteiger partial charge in [-0.25, -0.2) is 4.79 Å². The van der Waals surface area contributed by atoms with E-state index >= 15 is 0 Å². The van der Waals surface area contributed by atoms with Crippen molar-refractivity contribution >= 4 is 17.8 Å². The maximum Gasteiger partial charge on any atom is 0.336 e. The van der Waals surface area contributed by atoms with Gasteiger partial charge in [-0.1, -0.05) is 18.2 Å². The Morgan fingerprint density at radius 1 is 1.16 bits per heavy atom. The normalized spacial score (nSPS) is 13.6. The molecule has 0 bridgehead atoms. The van der Waals surface area contributed by atoms with E-state index in [0.717, 1.165) is 29.5 Å². The number of esters is 1. The molecule has 2 aromatic rings. The first-order valence-corrected chi connectivity index (χ1v) is 8.28. The fourth-order valence-corrected chi connectivity index (χ4v) is 3.05. The van der Waals surface area contributed by atoms with Crippen molar-refractivity contribution in [1.29, 1.82) is 0 Å². The molecule has 1 aliphatic carbocycles. The number of hydrogen-bond donors (Lipinski definition) is 0. The summed E-state index contributed by atoms with van der Waals surface area (Å²) in [5.41, 5.74) is 3.46. The largest absolute Gasteiger partial charge is 0.497 e. The van der Waals surface area contributed by atoms with Gasteiger partial charge in [-0.2, -0.15) is 0 Å². The second-order valence-corrected chi connectivity index (χ2v) is 6.04. The molecule has 4 nitrogen and oxygen atoms in total. The summed E-state index contributed by atoms with van der Waals surface area (Å²) in [4.78, 5) is 24.4. The fourth-order valence-electron chi connectivity index (χ4n) is 3.05. The van der Waals surface area contributed by atoms with Crippen LogP contribution >= 0.6 is 0 Å². The molecule has 0 aliphatic heterocycles. The van der Waals surface area contributed by atoms with Crippen molar-refractivity contribution in [2.45, 2.75) is 26.2 Å². The molecule has 0 saturated heterocycles. The monoisotopic (exact) mass is 336 g/mol. The first-order valence-electron chi connectivity index (χ1n) is 8.28. The summed E-state index contributed by atoms with van der Waals surface area (Å²) in [5.74, 6) is 0.607. The van der Waals surface area contributed by atoms with Crippen LogP contribution in [0.15, 0.2) is 42.5 Å². The number of fused-ring (bicyclic) bond motifs is 1. The zero-order valence-electron chi connectivity index (χ0n) is 14.4. The van der Waals surface area contributed by atoms with E-state index in [1.54, 1.807) is 19.3 Å². The van der Waals surface area contributed by atoms with Gasteiger partial charge in [0.25, 0.3) is 0 Å². The molecule has 25 heavy (non-hydrogen) atoms. The Bertz CT molecular complexity index is 849. The van der Waals surface area contributed by atoms with E-state index in [2.05, 4.69) is 0 Å². The van der Waals surface area contributed by atoms with E-state index in [1.807, 2.05) is 37.3 Å². The van der Waals surface area contributed by atoms with Crippen molar-refractivity contribution in [3.8, 4) is 11.5 Å². The molecule has 2 aromatic carbocycles. The summed E-state index contributed by atoms with van der Waals surface area (Å²) in [7, 11) is 1.59. The van der Waals surface area contributed by atoms with Gasteiger partial charge in [-0.15, -0.1) is 0 Å². The van der Waals surface area contributed by atoms with Gasteiger partial charge >= 0.3 is 5.97 Å². The van der Waals surface area contributed by atoms with Crippen molar-refractivity contribution in [1.82, 2.24) is 0 Å². The summed E-state index contributed by atoms with van der Waals surface area (Å²) in [5, 5.41) is 0. The van der Waals surface area contributed by atoms with Gasteiger partial charge < -0.3 is 9.47 Å². The third kappa shape index (κ3) is 3.79. The molecule has 4 heteroatoms. The fraction of sp³-hybridized carbons (Fsp3) is 0.238. The Labute approximate surface area is 147 Å². The van der Waals surface area contributed by atoms with Crippen LogP contribution in [-0.4, -0.2) is 18.9 Å². The van der Waals surface area contributed by atoms with E-state index in [9.17, 15) is 9.59 Å². The second kappa shape index (κ2) is 7.34. The van der Waals surface area contributed by atoms with Crippen LogP contribution in [0.5, 0.6) is 11.5 Å². The lowest BCUT2D eigenvalue weighted by Crippen LogP contribution is -2.16. The van der Waals surface area contributed by atoms with Crippen LogP contribution in [0, 0.1) is 6.92 Å². The average Bonchev–Trinajstić information content (AvgIpc) is 2.63. The van der Waals surface area contributed by atoms with Crippen molar-refractivity contribution in [3.63, 3.8) is 0 Å². The van der Waals surface area contributed by atoms with Gasteiger partial charge in [0.05, 0.1) is 12.7 Å². The van der Waals surface area contributed by atoms with Crippen molar-refractivity contribution in [2.24, 2.45) is 0 Å². The van der Waals surface area contributed by atoms with Crippen molar-refractivity contribution < 1.29 is 19.1 Å². The zero-order valence-corrected chi connectivity index (χ0v) is 14.4. The number of hydrogen-bond acceptors (Lipinski definition) is 4. The van der Waals surface area contributed by atoms with Gasteiger partial charge in [0, 0.05) is 12.5 Å². The number of benzene rings is 2. The van der Waals surface area contributed by atoms with Crippen molar-refractivity contribution in [3.05, 3.63) is 64.7 Å². The van der Waals surface area contributed by atoms with Crippen LogP contribution in [-0.2, 0) is 11.2 Å². The standard InChI is InChI=1S/C21H20O4/c1-14-9-11-19(21-17(14)7-4-8-18(21)22)25-20(23)12-10-15-5-3-6-16(13-15)24-2/h3,5-6,9-13H,4,7-8H2,1-2H3/b12-10+. The lowest BCUT2D eigenvalue weighted by Gasteiger charge is -2.19. The van der Waals surface area contributed by atoms with Crippen LogP contribution in [0.3, 0.4) is 0 Å².